The Morgan fingerprint density at radius 3 is 2.65 bits per heavy atom. The van der Waals surface area contributed by atoms with Crippen molar-refractivity contribution in [1.29, 1.82) is 0 Å². The van der Waals surface area contributed by atoms with Crippen LogP contribution in [-0.4, -0.2) is 23.8 Å². The lowest BCUT2D eigenvalue weighted by atomic mass is 9.92. The summed E-state index contributed by atoms with van der Waals surface area (Å²) in [5.74, 6) is 2.28. The van der Waals surface area contributed by atoms with Crippen LogP contribution in [0.4, 0.5) is 0 Å². The maximum atomic E-state index is 11.8. The summed E-state index contributed by atoms with van der Waals surface area (Å²) in [6, 6.07) is 0.718. The molecular weight excluding hydrogens is 210 g/mol. The van der Waals surface area contributed by atoms with Gasteiger partial charge in [-0.3, -0.25) is 4.79 Å². The van der Waals surface area contributed by atoms with Gasteiger partial charge in [-0.25, -0.2) is 0 Å². The molecule has 0 aromatic heterocycles. The van der Waals surface area contributed by atoms with Crippen LogP contribution in [0, 0.1) is 11.8 Å². The number of nitrogens with zero attached hydrogens (tertiary/aromatic N) is 1. The monoisotopic (exact) mass is 233 g/mol. The third-order valence-corrected chi connectivity index (χ3v) is 5.04. The van der Waals surface area contributed by atoms with Crippen molar-refractivity contribution in [2.24, 2.45) is 11.8 Å². The van der Waals surface area contributed by atoms with Crippen LogP contribution in [0.25, 0.3) is 0 Å². The largest absolute Gasteiger partial charge is 0.377 e. The van der Waals surface area contributed by atoms with Gasteiger partial charge in [-0.15, -0.1) is 0 Å². The predicted octanol–water partition coefficient (Wildman–Crippen LogP) is 3.13. The van der Waals surface area contributed by atoms with E-state index in [0.29, 0.717) is 5.78 Å². The van der Waals surface area contributed by atoms with Crippen molar-refractivity contribution in [2.75, 3.05) is 7.05 Å². The predicted molar refractivity (Wildman–Crippen MR) is 68.6 cm³/mol. The van der Waals surface area contributed by atoms with Crippen LogP contribution in [0.2, 0.25) is 0 Å². The first-order valence-electron chi connectivity index (χ1n) is 7.20. The summed E-state index contributed by atoms with van der Waals surface area (Å²) in [6.07, 6.45) is 11.9. The number of carbonyl (C=O) groups excluding carboxylic acids is 1. The molecule has 0 spiro atoms. The van der Waals surface area contributed by atoms with Gasteiger partial charge < -0.3 is 4.90 Å². The molecular formula is C15H23NO. The summed E-state index contributed by atoms with van der Waals surface area (Å²) < 4.78 is 0. The Kier molecular flexibility index (Phi) is 2.97. The van der Waals surface area contributed by atoms with E-state index in [1.165, 1.54) is 32.1 Å². The zero-order valence-electron chi connectivity index (χ0n) is 10.8. The minimum absolute atomic E-state index is 0.395. The van der Waals surface area contributed by atoms with Crippen molar-refractivity contribution in [3.63, 3.8) is 0 Å². The Bertz CT molecular complexity index is 347. The van der Waals surface area contributed by atoms with Crippen molar-refractivity contribution in [1.82, 2.24) is 4.90 Å². The summed E-state index contributed by atoms with van der Waals surface area (Å²) in [6.45, 7) is 0. The molecule has 3 atom stereocenters. The molecule has 2 nitrogen and oxygen atoms in total. The third-order valence-electron chi connectivity index (χ3n) is 5.04. The van der Waals surface area contributed by atoms with Gasteiger partial charge in [0.2, 0.25) is 0 Å². The van der Waals surface area contributed by atoms with Gasteiger partial charge in [0.05, 0.1) is 0 Å². The number of allylic oxidation sites excluding steroid dienone is 1. The molecule has 3 rings (SSSR count). The minimum Gasteiger partial charge on any atom is -0.377 e. The van der Waals surface area contributed by atoms with E-state index in [2.05, 4.69) is 18.1 Å². The molecule has 0 unspecified atom stereocenters. The third kappa shape index (κ3) is 2.14. The molecule has 0 aliphatic heterocycles. The standard InChI is InChI=1S/C15H23NO/c1-16(10-13-4-2-3-5-15(13)17)14-9-11-6-7-12(14)8-11/h10-12,14H,2-9H2,1H3/b13-10+/t11-,12-,14+/m1/s1. The highest BCUT2D eigenvalue weighted by Gasteiger charge is 2.40. The van der Waals surface area contributed by atoms with Crippen LogP contribution >= 0.6 is 0 Å². The summed E-state index contributed by atoms with van der Waals surface area (Å²) in [5.41, 5.74) is 1.08. The molecule has 2 bridgehead atoms. The van der Waals surface area contributed by atoms with Gasteiger partial charge in [-0.2, -0.15) is 0 Å². The molecule has 3 saturated carbocycles. The fourth-order valence-electron chi connectivity index (χ4n) is 4.09. The second kappa shape index (κ2) is 4.47. The van der Waals surface area contributed by atoms with Crippen molar-refractivity contribution < 1.29 is 4.79 Å². The zero-order chi connectivity index (χ0) is 11.8. The van der Waals surface area contributed by atoms with E-state index < -0.39 is 0 Å². The van der Waals surface area contributed by atoms with E-state index in [-0.39, 0.29) is 0 Å². The van der Waals surface area contributed by atoms with E-state index in [9.17, 15) is 4.79 Å². The van der Waals surface area contributed by atoms with Crippen LogP contribution < -0.4 is 0 Å². The lowest BCUT2D eigenvalue weighted by Crippen LogP contribution is -2.33. The zero-order valence-corrected chi connectivity index (χ0v) is 10.8. The lowest BCUT2D eigenvalue weighted by Gasteiger charge is -2.31. The number of fused-ring (bicyclic) bond motifs is 2. The van der Waals surface area contributed by atoms with Crippen molar-refractivity contribution in [3.05, 3.63) is 11.8 Å². The van der Waals surface area contributed by atoms with Crippen molar-refractivity contribution in [3.8, 4) is 0 Å². The quantitative estimate of drug-likeness (QED) is 0.683. The Balaban J connectivity index is 1.68. The van der Waals surface area contributed by atoms with Gasteiger partial charge in [0, 0.05) is 31.3 Å². The first-order chi connectivity index (χ1) is 8.24. The highest BCUT2D eigenvalue weighted by molar-refractivity contribution is 5.95. The molecule has 0 aromatic rings. The summed E-state index contributed by atoms with van der Waals surface area (Å²) >= 11 is 0. The number of hydrogen-bond acceptors (Lipinski definition) is 2. The molecule has 0 saturated heterocycles. The highest BCUT2D eigenvalue weighted by Crippen LogP contribution is 2.46. The fourth-order valence-corrected chi connectivity index (χ4v) is 4.09. The smallest absolute Gasteiger partial charge is 0.160 e. The first-order valence-corrected chi connectivity index (χ1v) is 7.20. The molecule has 0 N–H and O–H groups in total. The fraction of sp³-hybridized carbons (Fsp3) is 0.800. The van der Waals surface area contributed by atoms with Crippen LogP contribution in [0.1, 0.15) is 51.4 Å². The van der Waals surface area contributed by atoms with E-state index in [4.69, 9.17) is 0 Å². The molecule has 2 heteroatoms. The van der Waals surface area contributed by atoms with Crippen LogP contribution in [-0.2, 0) is 4.79 Å². The molecule has 94 valence electrons. The lowest BCUT2D eigenvalue weighted by molar-refractivity contribution is -0.116. The first kappa shape index (κ1) is 11.3. The van der Waals surface area contributed by atoms with E-state index in [1.807, 2.05) is 0 Å². The second-order valence-corrected chi connectivity index (χ2v) is 6.19. The molecule has 3 aliphatic carbocycles. The van der Waals surface area contributed by atoms with Crippen molar-refractivity contribution >= 4 is 5.78 Å². The Morgan fingerprint density at radius 1 is 1.18 bits per heavy atom. The average molecular weight is 233 g/mol. The Hall–Kier alpha value is -0.790. The van der Waals surface area contributed by atoms with Crippen LogP contribution in [0.15, 0.2) is 11.8 Å². The minimum atomic E-state index is 0.395. The van der Waals surface area contributed by atoms with Gasteiger partial charge in [-0.1, -0.05) is 6.42 Å². The molecule has 0 heterocycles. The molecule has 3 fully saturated rings. The molecule has 3 aliphatic rings. The van der Waals surface area contributed by atoms with Gasteiger partial charge in [0.15, 0.2) is 5.78 Å². The number of carbonyl (C=O) groups is 1. The second-order valence-electron chi connectivity index (χ2n) is 6.19. The molecule has 0 aromatic carbocycles. The maximum absolute atomic E-state index is 11.8. The highest BCUT2D eigenvalue weighted by atomic mass is 16.1. The maximum Gasteiger partial charge on any atom is 0.160 e. The molecule has 17 heavy (non-hydrogen) atoms. The van der Waals surface area contributed by atoms with Crippen LogP contribution in [0.5, 0.6) is 0 Å². The Labute approximate surface area is 104 Å². The number of rotatable bonds is 2. The average Bonchev–Trinajstić information content (AvgIpc) is 2.94. The van der Waals surface area contributed by atoms with Gasteiger partial charge >= 0.3 is 0 Å². The number of hydrogen-bond donors (Lipinski definition) is 0. The van der Waals surface area contributed by atoms with E-state index >= 15 is 0 Å². The number of Topliss-reactive ketones (excluding diaryl/α,β-unsaturated/α-hetero) is 1. The molecule has 0 radical (unpaired) electrons. The normalized spacial score (nSPS) is 39.0. The summed E-state index contributed by atoms with van der Waals surface area (Å²) in [7, 11) is 2.18. The van der Waals surface area contributed by atoms with Crippen molar-refractivity contribution in [2.45, 2.75) is 57.4 Å². The Morgan fingerprint density at radius 2 is 2.00 bits per heavy atom. The van der Waals surface area contributed by atoms with Crippen LogP contribution in [0.3, 0.4) is 0 Å². The SMILES string of the molecule is CN(/C=C1\CCCCC1=O)[C@H]1C[C@@H]2CC[C@@H]1C2. The molecule has 0 amide bonds. The van der Waals surface area contributed by atoms with Gasteiger partial charge in [-0.05, 0) is 50.4 Å². The summed E-state index contributed by atoms with van der Waals surface area (Å²) in [4.78, 5) is 14.2. The topological polar surface area (TPSA) is 20.3 Å². The van der Waals surface area contributed by atoms with Gasteiger partial charge in [0.1, 0.15) is 0 Å². The number of ketones is 1. The van der Waals surface area contributed by atoms with E-state index in [0.717, 1.165) is 42.7 Å². The summed E-state index contributed by atoms with van der Waals surface area (Å²) in [5, 5.41) is 0. The van der Waals surface area contributed by atoms with Gasteiger partial charge in [0.25, 0.3) is 0 Å². The van der Waals surface area contributed by atoms with E-state index in [1.54, 1.807) is 0 Å².